The van der Waals surface area contributed by atoms with E-state index in [0.717, 1.165) is 29.0 Å². The first-order valence-electron chi connectivity index (χ1n) is 10.3. The van der Waals surface area contributed by atoms with E-state index in [1.165, 1.54) is 22.9 Å². The van der Waals surface area contributed by atoms with Crippen LogP contribution in [0.5, 0.6) is 5.75 Å². The Kier molecular flexibility index (Phi) is 6.53. The molecule has 1 heterocycles. The van der Waals surface area contributed by atoms with Gasteiger partial charge < -0.3 is 10.1 Å². The van der Waals surface area contributed by atoms with E-state index in [2.05, 4.69) is 60.6 Å². The lowest BCUT2D eigenvalue weighted by Gasteiger charge is -2.10. The van der Waals surface area contributed by atoms with E-state index in [4.69, 9.17) is 4.74 Å². The van der Waals surface area contributed by atoms with Gasteiger partial charge in [-0.1, -0.05) is 67.1 Å². The summed E-state index contributed by atoms with van der Waals surface area (Å²) in [4.78, 5) is 17.6. The summed E-state index contributed by atoms with van der Waals surface area (Å²) in [7, 11) is 0. The molecule has 0 atom stereocenters. The monoisotopic (exact) mass is 428 g/mol. The number of benzene rings is 3. The lowest BCUT2D eigenvalue weighted by Crippen LogP contribution is -2.19. The first-order valence-corrected chi connectivity index (χ1v) is 11.1. The van der Waals surface area contributed by atoms with Gasteiger partial charge in [-0.2, -0.15) is 0 Å². The minimum atomic E-state index is -0.151. The van der Waals surface area contributed by atoms with Crippen LogP contribution in [0.25, 0.3) is 6.08 Å². The third-order valence-electron chi connectivity index (χ3n) is 4.95. The number of nitrogens with one attached hydrogen (secondary N) is 1. The van der Waals surface area contributed by atoms with Gasteiger partial charge in [0.05, 0.1) is 10.6 Å². The summed E-state index contributed by atoms with van der Waals surface area (Å²) < 4.78 is 6.04. The number of nitrogens with zero attached hydrogens (tertiary/aromatic N) is 1. The minimum Gasteiger partial charge on any atom is -0.488 e. The highest BCUT2D eigenvalue weighted by Gasteiger charge is 2.24. The second-order valence-electron chi connectivity index (χ2n) is 7.31. The zero-order chi connectivity index (χ0) is 21.6. The fourth-order valence-electron chi connectivity index (χ4n) is 3.12. The normalized spacial score (nSPS) is 16.0. The number of aryl methyl sites for hydroxylation is 2. The molecule has 1 amide bonds. The first kappa shape index (κ1) is 20.9. The number of hydrogen-bond donors (Lipinski definition) is 1. The van der Waals surface area contributed by atoms with Crippen LogP contribution in [-0.2, 0) is 17.8 Å². The van der Waals surface area contributed by atoms with Gasteiger partial charge in [0.15, 0.2) is 5.17 Å². The van der Waals surface area contributed by atoms with Crippen LogP contribution in [-0.4, -0.2) is 11.1 Å². The third kappa shape index (κ3) is 5.44. The molecule has 0 unspecified atom stereocenters. The number of ether oxygens (including phenoxy) is 1. The lowest BCUT2D eigenvalue weighted by atomic mass is 10.1. The maximum atomic E-state index is 12.5. The van der Waals surface area contributed by atoms with E-state index in [9.17, 15) is 4.79 Å². The Morgan fingerprint density at radius 3 is 2.42 bits per heavy atom. The van der Waals surface area contributed by atoms with Gasteiger partial charge in [0, 0.05) is 5.56 Å². The number of carbonyl (C=O) groups excluding carboxylic acids is 1. The molecule has 1 N–H and O–H groups in total. The Bertz CT molecular complexity index is 1130. The molecule has 0 aliphatic carbocycles. The molecule has 1 aliphatic rings. The Morgan fingerprint density at radius 1 is 0.968 bits per heavy atom. The largest absolute Gasteiger partial charge is 0.488 e. The Hall–Kier alpha value is -3.31. The molecular weight excluding hydrogens is 404 g/mol. The predicted octanol–water partition coefficient (Wildman–Crippen LogP) is 6.03. The van der Waals surface area contributed by atoms with Crippen molar-refractivity contribution in [2.75, 3.05) is 0 Å². The van der Waals surface area contributed by atoms with E-state index >= 15 is 0 Å². The summed E-state index contributed by atoms with van der Waals surface area (Å²) >= 11 is 1.34. The minimum absolute atomic E-state index is 0.151. The predicted molar refractivity (Wildman–Crippen MR) is 129 cm³/mol. The Balaban J connectivity index is 1.49. The van der Waals surface area contributed by atoms with Crippen LogP contribution in [0.2, 0.25) is 0 Å². The van der Waals surface area contributed by atoms with Crippen LogP contribution < -0.4 is 10.1 Å². The Morgan fingerprint density at radius 2 is 1.68 bits per heavy atom. The van der Waals surface area contributed by atoms with Crippen LogP contribution >= 0.6 is 11.8 Å². The van der Waals surface area contributed by atoms with Crippen molar-refractivity contribution in [2.45, 2.75) is 26.9 Å². The Labute approximate surface area is 187 Å². The maximum absolute atomic E-state index is 12.5. The zero-order valence-electron chi connectivity index (χ0n) is 17.6. The maximum Gasteiger partial charge on any atom is 0.264 e. The van der Waals surface area contributed by atoms with Gasteiger partial charge in [0.2, 0.25) is 0 Å². The number of thioether (sulfide) groups is 1. The first-order chi connectivity index (χ1) is 15.1. The molecule has 31 heavy (non-hydrogen) atoms. The molecule has 0 bridgehead atoms. The number of carbonyl (C=O) groups is 1. The average molecular weight is 429 g/mol. The summed E-state index contributed by atoms with van der Waals surface area (Å²) in [5.74, 6) is 0.590. The highest BCUT2D eigenvalue weighted by Crippen LogP contribution is 2.31. The SMILES string of the molecule is CCc1ccc(N=C2NC(=O)/C(=C/c3ccccc3OCc3ccc(C)cc3)S2)cc1. The van der Waals surface area contributed by atoms with Crippen LogP contribution in [0, 0.1) is 6.92 Å². The van der Waals surface area contributed by atoms with E-state index in [1.807, 2.05) is 42.5 Å². The van der Waals surface area contributed by atoms with Gasteiger partial charge in [-0.15, -0.1) is 0 Å². The van der Waals surface area contributed by atoms with Gasteiger partial charge in [-0.25, -0.2) is 4.99 Å². The molecule has 0 radical (unpaired) electrons. The van der Waals surface area contributed by atoms with Gasteiger partial charge in [-0.05, 0) is 60.5 Å². The smallest absolute Gasteiger partial charge is 0.264 e. The molecular formula is C26H24N2O2S. The van der Waals surface area contributed by atoms with E-state index in [0.29, 0.717) is 16.7 Å². The van der Waals surface area contributed by atoms with E-state index in [-0.39, 0.29) is 5.91 Å². The molecule has 0 aromatic heterocycles. The van der Waals surface area contributed by atoms with Crippen molar-refractivity contribution in [1.82, 2.24) is 5.32 Å². The number of rotatable bonds is 6. The van der Waals surface area contributed by atoms with Crippen molar-refractivity contribution >= 4 is 34.6 Å². The summed E-state index contributed by atoms with van der Waals surface area (Å²) in [6.07, 6.45) is 2.84. The molecule has 1 aliphatic heterocycles. The van der Waals surface area contributed by atoms with Gasteiger partial charge >= 0.3 is 0 Å². The quantitative estimate of drug-likeness (QED) is 0.488. The van der Waals surface area contributed by atoms with Crippen molar-refractivity contribution in [3.63, 3.8) is 0 Å². The molecule has 0 spiro atoms. The fraction of sp³-hybridized carbons (Fsp3) is 0.154. The zero-order valence-corrected chi connectivity index (χ0v) is 18.4. The van der Waals surface area contributed by atoms with Gasteiger partial charge in [0.1, 0.15) is 12.4 Å². The molecule has 1 fully saturated rings. The standard InChI is InChI=1S/C26H24N2O2S/c1-3-19-12-14-22(15-13-19)27-26-28-25(29)24(31-26)16-21-6-4-5-7-23(21)30-17-20-10-8-18(2)9-11-20/h4-16H,3,17H2,1-2H3,(H,27,28,29)/b24-16-. The van der Waals surface area contributed by atoms with Crippen molar-refractivity contribution in [1.29, 1.82) is 0 Å². The summed E-state index contributed by atoms with van der Waals surface area (Å²) in [6.45, 7) is 4.65. The van der Waals surface area contributed by atoms with Crippen LogP contribution in [0.1, 0.15) is 29.2 Å². The summed E-state index contributed by atoms with van der Waals surface area (Å²) in [5.41, 5.74) is 5.26. The molecule has 5 heteroatoms. The average Bonchev–Trinajstić information content (AvgIpc) is 3.13. The van der Waals surface area contributed by atoms with Crippen LogP contribution in [0.15, 0.2) is 82.7 Å². The second-order valence-corrected chi connectivity index (χ2v) is 8.34. The molecule has 1 saturated heterocycles. The van der Waals surface area contributed by atoms with Crippen LogP contribution in [0.3, 0.4) is 0 Å². The van der Waals surface area contributed by atoms with Crippen molar-refractivity contribution in [3.8, 4) is 5.75 Å². The lowest BCUT2D eigenvalue weighted by molar-refractivity contribution is -0.115. The highest BCUT2D eigenvalue weighted by atomic mass is 32.2. The van der Waals surface area contributed by atoms with Crippen molar-refractivity contribution in [3.05, 3.63) is 100.0 Å². The van der Waals surface area contributed by atoms with Crippen molar-refractivity contribution in [2.24, 2.45) is 4.99 Å². The third-order valence-corrected chi connectivity index (χ3v) is 5.86. The molecule has 0 saturated carbocycles. The topological polar surface area (TPSA) is 50.7 Å². The molecule has 156 valence electrons. The van der Waals surface area contributed by atoms with Crippen molar-refractivity contribution < 1.29 is 9.53 Å². The van der Waals surface area contributed by atoms with Crippen LogP contribution in [0.4, 0.5) is 5.69 Å². The van der Waals surface area contributed by atoms with E-state index in [1.54, 1.807) is 0 Å². The molecule has 3 aromatic rings. The number of hydrogen-bond acceptors (Lipinski definition) is 4. The summed E-state index contributed by atoms with van der Waals surface area (Å²) in [6, 6.07) is 24.0. The second kappa shape index (κ2) is 9.67. The number of aliphatic imine (C=N–C) groups is 1. The molecule has 4 rings (SSSR count). The van der Waals surface area contributed by atoms with Gasteiger partial charge in [0.25, 0.3) is 5.91 Å². The number of amidine groups is 1. The molecule has 3 aromatic carbocycles. The highest BCUT2D eigenvalue weighted by molar-refractivity contribution is 8.18. The van der Waals surface area contributed by atoms with E-state index < -0.39 is 0 Å². The molecule has 4 nitrogen and oxygen atoms in total. The fourth-order valence-corrected chi connectivity index (χ4v) is 3.95. The van der Waals surface area contributed by atoms with Gasteiger partial charge in [-0.3, -0.25) is 4.79 Å². The summed E-state index contributed by atoms with van der Waals surface area (Å²) in [5, 5.41) is 3.43. The number of amides is 1. The number of para-hydroxylation sites is 1.